The molecule has 0 fully saturated rings. The minimum absolute atomic E-state index is 0.0896. The molecular formula is C24H40N3O3P. The average Bonchev–Trinajstić information content (AvgIpc) is 2.70. The van der Waals surface area contributed by atoms with Crippen molar-refractivity contribution in [1.82, 2.24) is 0 Å². The van der Waals surface area contributed by atoms with Crippen molar-refractivity contribution < 1.29 is 14.3 Å². The largest absolute Gasteiger partial charge is 0.465 e. The van der Waals surface area contributed by atoms with E-state index in [1.807, 2.05) is 44.2 Å². The third-order valence-electron chi connectivity index (χ3n) is 4.89. The van der Waals surface area contributed by atoms with Crippen LogP contribution in [0.4, 0.5) is 0 Å². The quantitative estimate of drug-likeness (QED) is 0.140. The standard InChI is InChI=1S/C24H40N3O3P/c1-18(2)15-20(24(29)30-14-12-19-9-6-5-7-10-19)16-22(28)21(25)11-8-13-27-23(26)17-31(3)4/h5-7,9-10,18,20-21H,8,11-17,25H2,1-4H3,(H2,26,27)/t20-,21-/m1/s1. The first-order valence-corrected chi connectivity index (χ1v) is 13.5. The monoisotopic (exact) mass is 449 g/mol. The van der Waals surface area contributed by atoms with Crippen molar-refractivity contribution >= 4 is 25.5 Å². The maximum absolute atomic E-state index is 12.6. The van der Waals surface area contributed by atoms with Gasteiger partial charge in [0, 0.05) is 25.5 Å². The molecule has 174 valence electrons. The second kappa shape index (κ2) is 15.1. The SMILES string of the molecule is CC(C)C[C@H](CC(=O)[C@H](N)CCCN=C(N)CP(C)C)C(=O)OCCc1ccccc1. The lowest BCUT2D eigenvalue weighted by atomic mass is 9.90. The number of hydrogen-bond donors (Lipinski definition) is 2. The first-order chi connectivity index (χ1) is 14.7. The van der Waals surface area contributed by atoms with Gasteiger partial charge in [-0.3, -0.25) is 14.6 Å². The summed E-state index contributed by atoms with van der Waals surface area (Å²) < 4.78 is 5.48. The highest BCUT2D eigenvalue weighted by Gasteiger charge is 2.26. The van der Waals surface area contributed by atoms with Gasteiger partial charge in [-0.1, -0.05) is 44.2 Å². The molecule has 0 aliphatic rings. The first kappa shape index (κ1) is 27.3. The average molecular weight is 450 g/mol. The fourth-order valence-corrected chi connectivity index (χ4v) is 4.07. The summed E-state index contributed by atoms with van der Waals surface area (Å²) in [5, 5.41) is 0. The Labute approximate surface area is 189 Å². The summed E-state index contributed by atoms with van der Waals surface area (Å²) in [4.78, 5) is 29.6. The number of esters is 1. The first-order valence-electron chi connectivity index (χ1n) is 11.1. The number of carbonyl (C=O) groups excluding carboxylic acids is 2. The number of nitrogens with two attached hydrogens (primary N) is 2. The van der Waals surface area contributed by atoms with E-state index < -0.39 is 12.0 Å². The molecule has 31 heavy (non-hydrogen) atoms. The van der Waals surface area contributed by atoms with Crippen molar-refractivity contribution in [3.63, 3.8) is 0 Å². The van der Waals surface area contributed by atoms with Gasteiger partial charge in [0.05, 0.1) is 24.4 Å². The fraction of sp³-hybridized carbons (Fsp3) is 0.625. The lowest BCUT2D eigenvalue weighted by molar-refractivity contribution is -0.150. The molecule has 0 aliphatic heterocycles. The van der Waals surface area contributed by atoms with Crippen LogP contribution in [0.3, 0.4) is 0 Å². The molecule has 0 unspecified atom stereocenters. The number of rotatable bonds is 15. The van der Waals surface area contributed by atoms with Crippen LogP contribution in [0.5, 0.6) is 0 Å². The van der Waals surface area contributed by atoms with E-state index in [2.05, 4.69) is 18.3 Å². The highest BCUT2D eigenvalue weighted by Crippen LogP contribution is 2.23. The molecule has 2 atom stereocenters. The molecule has 1 aromatic carbocycles. The van der Waals surface area contributed by atoms with Crippen LogP contribution in [0.25, 0.3) is 0 Å². The van der Waals surface area contributed by atoms with E-state index in [-0.39, 0.29) is 32.0 Å². The molecule has 0 saturated heterocycles. The summed E-state index contributed by atoms with van der Waals surface area (Å²) in [6.07, 6.45) is 3.49. The number of benzene rings is 1. The number of ether oxygens (including phenoxy) is 1. The molecule has 0 aromatic heterocycles. The van der Waals surface area contributed by atoms with E-state index in [9.17, 15) is 9.59 Å². The van der Waals surface area contributed by atoms with Gasteiger partial charge >= 0.3 is 5.97 Å². The van der Waals surface area contributed by atoms with Crippen LogP contribution in [0, 0.1) is 11.8 Å². The molecule has 1 aromatic rings. The van der Waals surface area contributed by atoms with Crippen molar-refractivity contribution in [3.05, 3.63) is 35.9 Å². The number of ketones is 1. The summed E-state index contributed by atoms with van der Waals surface area (Å²) >= 11 is 0. The minimum atomic E-state index is -0.585. The summed E-state index contributed by atoms with van der Waals surface area (Å²) in [6.45, 7) is 9.28. The van der Waals surface area contributed by atoms with Crippen LogP contribution in [0.1, 0.15) is 45.1 Å². The highest BCUT2D eigenvalue weighted by atomic mass is 31.1. The van der Waals surface area contributed by atoms with Gasteiger partial charge in [-0.05, 0) is 44.1 Å². The van der Waals surface area contributed by atoms with Crippen molar-refractivity contribution in [3.8, 4) is 0 Å². The molecule has 0 aliphatic carbocycles. The van der Waals surface area contributed by atoms with Crippen molar-refractivity contribution in [2.75, 3.05) is 32.6 Å². The zero-order chi connectivity index (χ0) is 23.2. The van der Waals surface area contributed by atoms with E-state index in [4.69, 9.17) is 16.2 Å². The Morgan fingerprint density at radius 1 is 1.16 bits per heavy atom. The van der Waals surface area contributed by atoms with E-state index in [0.717, 1.165) is 11.7 Å². The van der Waals surface area contributed by atoms with Gasteiger partial charge in [-0.2, -0.15) is 0 Å². The van der Waals surface area contributed by atoms with Gasteiger partial charge < -0.3 is 16.2 Å². The van der Waals surface area contributed by atoms with Crippen molar-refractivity contribution in [2.24, 2.45) is 28.3 Å². The van der Waals surface area contributed by atoms with E-state index in [1.54, 1.807) is 0 Å². The zero-order valence-electron chi connectivity index (χ0n) is 19.5. The van der Waals surface area contributed by atoms with Gasteiger partial charge in [0.1, 0.15) is 5.78 Å². The summed E-state index contributed by atoms with van der Waals surface area (Å²) in [6, 6.07) is 9.30. The Morgan fingerprint density at radius 2 is 1.84 bits per heavy atom. The summed E-state index contributed by atoms with van der Waals surface area (Å²) in [7, 11) is -0.104. The Balaban J connectivity index is 2.47. The molecule has 0 spiro atoms. The third kappa shape index (κ3) is 12.6. The maximum Gasteiger partial charge on any atom is 0.309 e. The number of Topliss-reactive ketones (excluding diaryl/α,β-unsaturated/α-hetero) is 1. The van der Waals surface area contributed by atoms with Gasteiger partial charge in [-0.25, -0.2) is 0 Å². The normalized spacial score (nSPS) is 14.0. The smallest absolute Gasteiger partial charge is 0.309 e. The van der Waals surface area contributed by atoms with Crippen LogP contribution in [-0.2, 0) is 20.7 Å². The molecule has 0 heterocycles. The van der Waals surface area contributed by atoms with Crippen LogP contribution in [-0.4, -0.2) is 56.3 Å². The molecule has 1 rings (SSSR count). The van der Waals surface area contributed by atoms with Gasteiger partial charge in [0.15, 0.2) is 0 Å². The van der Waals surface area contributed by atoms with Gasteiger partial charge in [0.2, 0.25) is 0 Å². The van der Waals surface area contributed by atoms with E-state index in [1.165, 1.54) is 0 Å². The number of aliphatic imine (C=N–C) groups is 1. The maximum atomic E-state index is 12.6. The van der Waals surface area contributed by atoms with Crippen molar-refractivity contribution in [1.29, 1.82) is 0 Å². The second-order valence-electron chi connectivity index (χ2n) is 8.76. The predicted molar refractivity (Wildman–Crippen MR) is 131 cm³/mol. The second-order valence-corrected chi connectivity index (χ2v) is 11.2. The van der Waals surface area contributed by atoms with Gasteiger partial charge in [-0.15, -0.1) is 7.92 Å². The Bertz CT molecular complexity index is 693. The Hall–Kier alpha value is -1.78. The topological polar surface area (TPSA) is 108 Å². The number of carbonyl (C=O) groups is 2. The molecule has 7 heteroatoms. The van der Waals surface area contributed by atoms with Crippen LogP contribution >= 0.6 is 7.92 Å². The molecule has 0 amide bonds. The minimum Gasteiger partial charge on any atom is -0.465 e. The molecule has 0 bridgehead atoms. The van der Waals surface area contributed by atoms with Crippen LogP contribution in [0.2, 0.25) is 0 Å². The third-order valence-corrected chi connectivity index (χ3v) is 5.85. The van der Waals surface area contributed by atoms with Crippen LogP contribution in [0.15, 0.2) is 35.3 Å². The molecule has 0 radical (unpaired) electrons. The lowest BCUT2D eigenvalue weighted by Crippen LogP contribution is -2.34. The van der Waals surface area contributed by atoms with Crippen molar-refractivity contribution in [2.45, 2.75) is 52.0 Å². The number of amidine groups is 1. The Kier molecular flexibility index (Phi) is 13.3. The number of nitrogens with zero attached hydrogens (tertiary/aromatic N) is 1. The lowest BCUT2D eigenvalue weighted by Gasteiger charge is -2.19. The van der Waals surface area contributed by atoms with E-state index >= 15 is 0 Å². The summed E-state index contributed by atoms with van der Waals surface area (Å²) in [5.74, 6) is 0.115. The van der Waals surface area contributed by atoms with Gasteiger partial charge in [0.25, 0.3) is 0 Å². The fourth-order valence-electron chi connectivity index (χ4n) is 3.33. The molecule has 4 N–H and O–H groups in total. The molecule has 6 nitrogen and oxygen atoms in total. The number of hydrogen-bond acceptors (Lipinski definition) is 5. The van der Waals surface area contributed by atoms with E-state index in [0.29, 0.717) is 44.7 Å². The highest BCUT2D eigenvalue weighted by molar-refractivity contribution is 7.57. The zero-order valence-corrected chi connectivity index (χ0v) is 20.4. The molecule has 0 saturated carbocycles. The summed E-state index contributed by atoms with van der Waals surface area (Å²) in [5.41, 5.74) is 13.1. The predicted octanol–water partition coefficient (Wildman–Crippen LogP) is 3.60. The Morgan fingerprint density at radius 3 is 2.45 bits per heavy atom. The molecular weight excluding hydrogens is 409 g/mol. The van der Waals surface area contributed by atoms with Crippen LogP contribution < -0.4 is 11.5 Å².